The summed E-state index contributed by atoms with van der Waals surface area (Å²) in [4.78, 5) is 12.7. The third-order valence-electron chi connectivity index (χ3n) is 4.38. The van der Waals surface area contributed by atoms with Crippen LogP contribution in [0, 0.1) is 0 Å². The van der Waals surface area contributed by atoms with Gasteiger partial charge in [0.15, 0.2) is 5.78 Å². The maximum atomic E-state index is 12.7. The summed E-state index contributed by atoms with van der Waals surface area (Å²) in [5, 5.41) is 3.23. The van der Waals surface area contributed by atoms with Gasteiger partial charge in [-0.3, -0.25) is 4.79 Å². The van der Waals surface area contributed by atoms with Crippen molar-refractivity contribution in [2.75, 3.05) is 6.54 Å². The molecule has 0 bridgehead atoms. The number of piperidine rings is 1. The number of para-hydroxylation sites is 1. The van der Waals surface area contributed by atoms with E-state index < -0.39 is 5.54 Å². The van der Waals surface area contributed by atoms with Gasteiger partial charge in [-0.2, -0.15) is 0 Å². The van der Waals surface area contributed by atoms with Crippen molar-refractivity contribution in [2.45, 2.75) is 36.9 Å². The molecule has 1 aromatic rings. The zero-order valence-electron chi connectivity index (χ0n) is 13.1. The van der Waals surface area contributed by atoms with Gasteiger partial charge in [0, 0.05) is 6.04 Å². The molecule has 5 N–H and O–H groups in total. The molecule has 1 aromatic carbocycles. The molecule has 0 spiro atoms. The molecule has 0 amide bonds. The van der Waals surface area contributed by atoms with Gasteiger partial charge in [0.2, 0.25) is 0 Å². The van der Waals surface area contributed by atoms with Crippen molar-refractivity contribution in [1.82, 2.24) is 5.32 Å². The number of benzene rings is 1. The predicted molar refractivity (Wildman–Crippen MR) is 89.8 cm³/mol. The SMILES string of the molecule is N[C@@H]1CCN[C@@H](C(=O)C2(N)C=CC(Oc3ccccc3)=CC2)C1. The Morgan fingerprint density at radius 2 is 2.09 bits per heavy atom. The third kappa shape index (κ3) is 3.69. The average Bonchev–Trinajstić information content (AvgIpc) is 2.57. The molecular formula is C18H23N3O2. The topological polar surface area (TPSA) is 90.4 Å². The summed E-state index contributed by atoms with van der Waals surface area (Å²) in [5.41, 5.74) is 11.3. The lowest BCUT2D eigenvalue weighted by Gasteiger charge is -2.34. The van der Waals surface area contributed by atoms with Crippen molar-refractivity contribution >= 4 is 5.78 Å². The van der Waals surface area contributed by atoms with E-state index in [1.807, 2.05) is 36.4 Å². The van der Waals surface area contributed by atoms with Crippen LogP contribution in [0.15, 0.2) is 54.3 Å². The number of carbonyl (C=O) groups excluding carboxylic acids is 1. The van der Waals surface area contributed by atoms with Crippen LogP contribution in [0.25, 0.3) is 0 Å². The van der Waals surface area contributed by atoms with Crippen molar-refractivity contribution in [2.24, 2.45) is 11.5 Å². The maximum absolute atomic E-state index is 12.7. The molecule has 1 saturated heterocycles. The zero-order valence-corrected chi connectivity index (χ0v) is 13.1. The number of hydrogen-bond donors (Lipinski definition) is 3. The van der Waals surface area contributed by atoms with E-state index >= 15 is 0 Å². The Bertz CT molecular complexity index is 626. The molecule has 2 aliphatic rings. The van der Waals surface area contributed by atoms with Crippen LogP contribution >= 0.6 is 0 Å². The molecule has 23 heavy (non-hydrogen) atoms. The van der Waals surface area contributed by atoms with Gasteiger partial charge in [-0.25, -0.2) is 0 Å². The number of nitrogens with two attached hydrogens (primary N) is 2. The zero-order chi connectivity index (χ0) is 16.3. The minimum absolute atomic E-state index is 0.00101. The number of Topliss-reactive ketones (excluding diaryl/α,β-unsaturated/α-hetero) is 1. The molecule has 122 valence electrons. The summed E-state index contributed by atoms with van der Waals surface area (Å²) in [6, 6.07) is 9.33. The summed E-state index contributed by atoms with van der Waals surface area (Å²) in [6.07, 6.45) is 7.35. The van der Waals surface area contributed by atoms with Crippen LogP contribution < -0.4 is 21.5 Å². The van der Waals surface area contributed by atoms with Crippen molar-refractivity contribution in [3.05, 3.63) is 54.3 Å². The largest absolute Gasteiger partial charge is 0.458 e. The summed E-state index contributed by atoms with van der Waals surface area (Å²) >= 11 is 0. The maximum Gasteiger partial charge on any atom is 0.173 e. The molecule has 5 heteroatoms. The highest BCUT2D eigenvalue weighted by atomic mass is 16.5. The first-order valence-electron chi connectivity index (χ1n) is 8.01. The summed E-state index contributed by atoms with van der Waals surface area (Å²) in [7, 11) is 0. The molecule has 0 radical (unpaired) electrons. The standard InChI is InChI=1S/C18H23N3O2/c19-13-8-11-21-16(12-13)17(22)18(20)9-6-15(7-10-18)23-14-4-2-1-3-5-14/h1-7,9,13,16,21H,8,10-12,19-20H2/t13-,16-,18?/m1/s1. The van der Waals surface area contributed by atoms with Gasteiger partial charge in [-0.1, -0.05) is 24.3 Å². The first kappa shape index (κ1) is 15.9. The second-order valence-electron chi connectivity index (χ2n) is 6.25. The summed E-state index contributed by atoms with van der Waals surface area (Å²) in [5.74, 6) is 1.47. The molecule has 0 aromatic heterocycles. The van der Waals surface area contributed by atoms with Crippen molar-refractivity contribution in [1.29, 1.82) is 0 Å². The Morgan fingerprint density at radius 3 is 2.74 bits per heavy atom. The van der Waals surface area contributed by atoms with Crippen LogP contribution in [0.3, 0.4) is 0 Å². The molecular weight excluding hydrogens is 290 g/mol. The fourth-order valence-electron chi connectivity index (χ4n) is 2.99. The predicted octanol–water partition coefficient (Wildman–Crippen LogP) is 1.26. The summed E-state index contributed by atoms with van der Waals surface area (Å²) < 4.78 is 5.76. The van der Waals surface area contributed by atoms with E-state index in [0.717, 1.165) is 18.7 Å². The number of hydrogen-bond acceptors (Lipinski definition) is 5. The highest BCUT2D eigenvalue weighted by Gasteiger charge is 2.38. The number of ether oxygens (including phenoxy) is 1. The Kier molecular flexibility index (Phi) is 4.61. The second kappa shape index (κ2) is 6.66. The van der Waals surface area contributed by atoms with Crippen LogP contribution in [0.1, 0.15) is 19.3 Å². The number of carbonyl (C=O) groups is 1. The fourth-order valence-corrected chi connectivity index (χ4v) is 2.99. The molecule has 3 atom stereocenters. The van der Waals surface area contributed by atoms with Crippen LogP contribution in [-0.4, -0.2) is 30.0 Å². The van der Waals surface area contributed by atoms with E-state index in [0.29, 0.717) is 18.6 Å². The Hall–Kier alpha value is -1.95. The van der Waals surface area contributed by atoms with Crippen LogP contribution in [0.2, 0.25) is 0 Å². The molecule has 1 unspecified atom stereocenters. The van der Waals surface area contributed by atoms with Gasteiger partial charge >= 0.3 is 0 Å². The van der Waals surface area contributed by atoms with Gasteiger partial charge in [-0.15, -0.1) is 0 Å². The van der Waals surface area contributed by atoms with E-state index in [1.165, 1.54) is 0 Å². The number of nitrogens with one attached hydrogen (secondary N) is 1. The van der Waals surface area contributed by atoms with Gasteiger partial charge in [0.1, 0.15) is 11.5 Å². The fraction of sp³-hybridized carbons (Fsp3) is 0.389. The lowest BCUT2D eigenvalue weighted by molar-refractivity contribution is -0.125. The average molecular weight is 313 g/mol. The monoisotopic (exact) mass is 313 g/mol. The first-order valence-corrected chi connectivity index (χ1v) is 8.01. The van der Waals surface area contributed by atoms with Crippen molar-refractivity contribution in [3.63, 3.8) is 0 Å². The quantitative estimate of drug-likeness (QED) is 0.778. The van der Waals surface area contributed by atoms with Crippen molar-refractivity contribution < 1.29 is 9.53 Å². The lowest BCUT2D eigenvalue weighted by Crippen LogP contribution is -2.58. The van der Waals surface area contributed by atoms with Crippen LogP contribution in [0.4, 0.5) is 0 Å². The normalized spacial score (nSPS) is 30.6. The smallest absolute Gasteiger partial charge is 0.173 e. The van der Waals surface area contributed by atoms with E-state index in [4.69, 9.17) is 16.2 Å². The van der Waals surface area contributed by atoms with Gasteiger partial charge < -0.3 is 21.5 Å². The van der Waals surface area contributed by atoms with E-state index in [2.05, 4.69) is 5.32 Å². The molecule has 5 nitrogen and oxygen atoms in total. The number of allylic oxidation sites excluding steroid dienone is 1. The second-order valence-corrected chi connectivity index (χ2v) is 6.25. The molecule has 1 fully saturated rings. The van der Waals surface area contributed by atoms with Crippen LogP contribution in [0.5, 0.6) is 5.75 Å². The lowest BCUT2D eigenvalue weighted by atomic mass is 9.81. The molecule has 1 aliphatic heterocycles. The van der Waals surface area contributed by atoms with E-state index in [9.17, 15) is 4.79 Å². The van der Waals surface area contributed by atoms with Gasteiger partial charge in [0.25, 0.3) is 0 Å². The Balaban J connectivity index is 1.64. The van der Waals surface area contributed by atoms with Crippen LogP contribution in [-0.2, 0) is 4.79 Å². The summed E-state index contributed by atoms with van der Waals surface area (Å²) in [6.45, 7) is 0.759. The minimum Gasteiger partial charge on any atom is -0.458 e. The highest BCUT2D eigenvalue weighted by molar-refractivity contribution is 5.95. The third-order valence-corrected chi connectivity index (χ3v) is 4.38. The Labute approximate surface area is 136 Å². The molecule has 1 aliphatic carbocycles. The number of ketones is 1. The minimum atomic E-state index is -0.988. The van der Waals surface area contributed by atoms with Gasteiger partial charge in [0.05, 0.1) is 11.6 Å². The molecule has 0 saturated carbocycles. The molecule has 3 rings (SSSR count). The van der Waals surface area contributed by atoms with Crippen molar-refractivity contribution in [3.8, 4) is 5.75 Å². The Morgan fingerprint density at radius 1 is 1.30 bits per heavy atom. The van der Waals surface area contributed by atoms with Gasteiger partial charge in [-0.05, 0) is 50.1 Å². The first-order chi connectivity index (χ1) is 11.1. The van der Waals surface area contributed by atoms with E-state index in [-0.39, 0.29) is 17.9 Å². The van der Waals surface area contributed by atoms with E-state index in [1.54, 1.807) is 12.2 Å². The number of rotatable bonds is 4. The highest BCUT2D eigenvalue weighted by Crippen LogP contribution is 2.25. The molecule has 1 heterocycles.